The van der Waals surface area contributed by atoms with Crippen molar-refractivity contribution in [3.05, 3.63) is 53.3 Å². The number of fused-ring (bicyclic) bond motifs is 2. The molecular formula is C14H11NO3. The second kappa shape index (κ2) is 3.84. The second-order valence-electron chi connectivity index (χ2n) is 4.34. The van der Waals surface area contributed by atoms with E-state index < -0.39 is 11.8 Å². The molecule has 1 aliphatic carbocycles. The van der Waals surface area contributed by atoms with Crippen LogP contribution in [0.25, 0.3) is 0 Å². The van der Waals surface area contributed by atoms with E-state index in [0.29, 0.717) is 12.2 Å². The molecule has 90 valence electrons. The Kier molecular flexibility index (Phi) is 2.30. The fraction of sp³-hybridized carbons (Fsp3) is 0.143. The molecule has 0 radical (unpaired) electrons. The van der Waals surface area contributed by atoms with Crippen molar-refractivity contribution in [2.75, 3.05) is 0 Å². The van der Waals surface area contributed by atoms with Gasteiger partial charge in [-0.05, 0) is 30.2 Å². The van der Waals surface area contributed by atoms with E-state index in [-0.39, 0.29) is 11.4 Å². The average Bonchev–Trinajstić information content (AvgIpc) is 2.37. The average molecular weight is 241 g/mol. The minimum atomic E-state index is -0.686. The van der Waals surface area contributed by atoms with Gasteiger partial charge in [0.1, 0.15) is 11.5 Å². The molecule has 3 rings (SSSR count). The number of hydrogen-bond acceptors (Lipinski definition) is 3. The van der Waals surface area contributed by atoms with Crippen LogP contribution in [0, 0.1) is 5.92 Å². The second-order valence-corrected chi connectivity index (χ2v) is 4.34. The van der Waals surface area contributed by atoms with E-state index in [0.717, 1.165) is 11.3 Å². The number of ether oxygens (including phenoxy) is 1. The molecule has 2 aliphatic rings. The van der Waals surface area contributed by atoms with Crippen LogP contribution in [0.4, 0.5) is 0 Å². The van der Waals surface area contributed by atoms with Crippen LogP contribution >= 0.6 is 0 Å². The smallest absolute Gasteiger partial charge is 0.252 e. The van der Waals surface area contributed by atoms with Crippen LogP contribution in [0.5, 0.6) is 5.75 Å². The SMILES string of the molecule is NC(=O)C1=CC=C2Oc3ccccc3CC2C1=O. The number of para-hydroxylation sites is 1. The van der Waals surface area contributed by atoms with E-state index in [1.54, 1.807) is 6.08 Å². The minimum absolute atomic E-state index is 0.0479. The van der Waals surface area contributed by atoms with Crippen molar-refractivity contribution >= 4 is 11.7 Å². The lowest BCUT2D eigenvalue weighted by atomic mass is 9.84. The summed E-state index contributed by atoms with van der Waals surface area (Å²) in [6, 6.07) is 7.57. The van der Waals surface area contributed by atoms with Crippen LogP contribution in [0.15, 0.2) is 47.7 Å². The van der Waals surface area contributed by atoms with Gasteiger partial charge in [-0.3, -0.25) is 9.59 Å². The number of benzene rings is 1. The van der Waals surface area contributed by atoms with Gasteiger partial charge in [-0.15, -0.1) is 0 Å². The van der Waals surface area contributed by atoms with Crippen molar-refractivity contribution in [2.24, 2.45) is 11.7 Å². The van der Waals surface area contributed by atoms with Crippen molar-refractivity contribution in [1.29, 1.82) is 0 Å². The predicted octanol–water partition coefficient (Wildman–Crippen LogP) is 1.12. The highest BCUT2D eigenvalue weighted by Crippen LogP contribution is 2.36. The van der Waals surface area contributed by atoms with Crippen LogP contribution in [-0.4, -0.2) is 11.7 Å². The standard InChI is InChI=1S/C14H11NO3/c15-14(17)9-5-6-12-10(13(9)16)7-8-3-1-2-4-11(8)18-12/h1-6,10H,7H2,(H2,15,17). The number of ketones is 1. The molecule has 4 nitrogen and oxygen atoms in total. The number of Topliss-reactive ketones (excluding diaryl/α,β-unsaturated/α-hetero) is 1. The van der Waals surface area contributed by atoms with E-state index in [9.17, 15) is 9.59 Å². The molecule has 0 aromatic heterocycles. The number of amides is 1. The van der Waals surface area contributed by atoms with Crippen molar-refractivity contribution in [3.8, 4) is 5.75 Å². The molecule has 18 heavy (non-hydrogen) atoms. The molecule has 0 bridgehead atoms. The first kappa shape index (κ1) is 10.8. The fourth-order valence-corrected chi connectivity index (χ4v) is 2.30. The Morgan fingerprint density at radius 3 is 2.83 bits per heavy atom. The van der Waals surface area contributed by atoms with Gasteiger partial charge in [0.15, 0.2) is 5.78 Å². The van der Waals surface area contributed by atoms with Gasteiger partial charge < -0.3 is 10.5 Å². The van der Waals surface area contributed by atoms with E-state index in [1.165, 1.54) is 6.08 Å². The molecule has 1 aromatic carbocycles. The van der Waals surface area contributed by atoms with Gasteiger partial charge in [-0.2, -0.15) is 0 Å². The number of carbonyl (C=O) groups excluding carboxylic acids is 2. The predicted molar refractivity (Wildman–Crippen MR) is 64.6 cm³/mol. The summed E-state index contributed by atoms with van der Waals surface area (Å²) < 4.78 is 5.68. The normalized spacial score (nSPS) is 21.1. The molecule has 1 amide bonds. The maximum atomic E-state index is 12.1. The highest BCUT2D eigenvalue weighted by Gasteiger charge is 2.35. The lowest BCUT2D eigenvalue weighted by molar-refractivity contribution is -0.123. The number of hydrogen-bond donors (Lipinski definition) is 1. The van der Waals surface area contributed by atoms with Crippen LogP contribution in [-0.2, 0) is 16.0 Å². The van der Waals surface area contributed by atoms with Crippen LogP contribution in [0.2, 0.25) is 0 Å². The van der Waals surface area contributed by atoms with Gasteiger partial charge in [0.05, 0.1) is 11.5 Å². The summed E-state index contributed by atoms with van der Waals surface area (Å²) in [7, 11) is 0. The summed E-state index contributed by atoms with van der Waals surface area (Å²) in [5.74, 6) is -0.0107. The summed E-state index contributed by atoms with van der Waals surface area (Å²) in [4.78, 5) is 23.3. The molecule has 4 heteroatoms. The van der Waals surface area contributed by atoms with Gasteiger partial charge >= 0.3 is 0 Å². The molecule has 1 aromatic rings. The number of carbonyl (C=O) groups is 2. The van der Waals surface area contributed by atoms with Gasteiger partial charge in [0.2, 0.25) is 0 Å². The van der Waals surface area contributed by atoms with Gasteiger partial charge in [0, 0.05) is 0 Å². The molecule has 0 fully saturated rings. The molecule has 1 unspecified atom stereocenters. The first-order chi connectivity index (χ1) is 8.66. The minimum Gasteiger partial charge on any atom is -0.461 e. The zero-order chi connectivity index (χ0) is 12.7. The molecule has 2 N–H and O–H groups in total. The van der Waals surface area contributed by atoms with E-state index in [4.69, 9.17) is 10.5 Å². The lowest BCUT2D eigenvalue weighted by Gasteiger charge is -2.28. The molecule has 0 saturated carbocycles. The van der Waals surface area contributed by atoms with Crippen molar-refractivity contribution in [1.82, 2.24) is 0 Å². The Morgan fingerprint density at radius 1 is 1.28 bits per heavy atom. The first-order valence-electron chi connectivity index (χ1n) is 5.68. The molecule has 1 heterocycles. The Bertz CT molecular complexity index is 613. The Morgan fingerprint density at radius 2 is 2.06 bits per heavy atom. The fourth-order valence-electron chi connectivity index (χ4n) is 2.30. The summed E-state index contributed by atoms with van der Waals surface area (Å²) >= 11 is 0. The van der Waals surface area contributed by atoms with Crippen LogP contribution in [0.1, 0.15) is 5.56 Å². The Labute approximate surface area is 104 Å². The topological polar surface area (TPSA) is 69.4 Å². The summed E-state index contributed by atoms with van der Waals surface area (Å²) in [5.41, 5.74) is 6.19. The van der Waals surface area contributed by atoms with Crippen molar-refractivity contribution < 1.29 is 14.3 Å². The quantitative estimate of drug-likeness (QED) is 0.749. The maximum absolute atomic E-state index is 12.1. The monoisotopic (exact) mass is 241 g/mol. The van der Waals surface area contributed by atoms with Gasteiger partial charge in [-0.25, -0.2) is 0 Å². The zero-order valence-electron chi connectivity index (χ0n) is 9.55. The van der Waals surface area contributed by atoms with E-state index in [2.05, 4.69) is 0 Å². The molecular weight excluding hydrogens is 230 g/mol. The number of allylic oxidation sites excluding steroid dienone is 3. The number of rotatable bonds is 1. The molecule has 1 aliphatic heterocycles. The molecule has 0 saturated heterocycles. The van der Waals surface area contributed by atoms with E-state index >= 15 is 0 Å². The Hall–Kier alpha value is -2.36. The summed E-state index contributed by atoms with van der Waals surface area (Å²) in [5, 5.41) is 0. The highest BCUT2D eigenvalue weighted by atomic mass is 16.5. The van der Waals surface area contributed by atoms with Gasteiger partial charge in [0.25, 0.3) is 5.91 Å². The number of nitrogens with two attached hydrogens (primary N) is 1. The third-order valence-corrected chi connectivity index (χ3v) is 3.23. The zero-order valence-corrected chi connectivity index (χ0v) is 9.55. The summed E-state index contributed by atoms with van der Waals surface area (Å²) in [6.45, 7) is 0. The van der Waals surface area contributed by atoms with Gasteiger partial charge in [-0.1, -0.05) is 18.2 Å². The third kappa shape index (κ3) is 1.54. The van der Waals surface area contributed by atoms with E-state index in [1.807, 2.05) is 24.3 Å². The third-order valence-electron chi connectivity index (χ3n) is 3.23. The first-order valence-corrected chi connectivity index (χ1v) is 5.68. The maximum Gasteiger partial charge on any atom is 0.252 e. The van der Waals surface area contributed by atoms with Crippen LogP contribution in [0.3, 0.4) is 0 Å². The largest absolute Gasteiger partial charge is 0.461 e. The van der Waals surface area contributed by atoms with Crippen LogP contribution < -0.4 is 10.5 Å². The lowest BCUT2D eigenvalue weighted by Crippen LogP contribution is -2.34. The Balaban J connectivity index is 2.03. The van der Waals surface area contributed by atoms with Crippen molar-refractivity contribution in [2.45, 2.75) is 6.42 Å². The van der Waals surface area contributed by atoms with Crippen molar-refractivity contribution in [3.63, 3.8) is 0 Å². The number of primary amides is 1. The highest BCUT2D eigenvalue weighted by molar-refractivity contribution is 6.21. The summed E-state index contributed by atoms with van der Waals surface area (Å²) in [6.07, 6.45) is 3.64. The molecule has 0 spiro atoms. The molecule has 1 atom stereocenters.